The van der Waals surface area contributed by atoms with Gasteiger partial charge >= 0.3 is 5.97 Å². The Morgan fingerprint density at radius 2 is 2.12 bits per heavy atom. The molecule has 0 spiro atoms. The normalized spacial score (nSPS) is 19.4. The van der Waals surface area contributed by atoms with Crippen molar-refractivity contribution in [3.05, 3.63) is 29.8 Å². The summed E-state index contributed by atoms with van der Waals surface area (Å²) in [5.74, 6) is -0.479. The van der Waals surface area contributed by atoms with Gasteiger partial charge in [0.2, 0.25) is 0 Å². The number of aliphatic carboxylic acids is 1. The van der Waals surface area contributed by atoms with Gasteiger partial charge in [0, 0.05) is 0 Å². The van der Waals surface area contributed by atoms with Crippen molar-refractivity contribution in [1.82, 2.24) is 0 Å². The number of phenols is 1. The van der Waals surface area contributed by atoms with Gasteiger partial charge in [-0.15, -0.1) is 0 Å². The fourth-order valence-electron chi connectivity index (χ4n) is 2.65. The van der Waals surface area contributed by atoms with Gasteiger partial charge in [-0.1, -0.05) is 25.5 Å². The minimum atomic E-state index is -0.759. The van der Waals surface area contributed by atoms with Gasteiger partial charge in [-0.05, 0) is 42.4 Å². The Bertz CT molecular complexity index is 410. The molecule has 1 saturated carbocycles. The molecule has 17 heavy (non-hydrogen) atoms. The summed E-state index contributed by atoms with van der Waals surface area (Å²) in [6, 6.07) is 7.02. The molecular weight excluding hydrogens is 216 g/mol. The van der Waals surface area contributed by atoms with E-state index in [-0.39, 0.29) is 11.7 Å². The third-order valence-electron chi connectivity index (χ3n) is 3.84. The second-order valence-corrected chi connectivity index (χ2v) is 4.94. The zero-order valence-corrected chi connectivity index (χ0v) is 9.97. The van der Waals surface area contributed by atoms with E-state index in [0.29, 0.717) is 5.92 Å². The molecule has 1 aliphatic carbocycles. The molecule has 92 valence electrons. The van der Waals surface area contributed by atoms with E-state index in [2.05, 4.69) is 0 Å². The van der Waals surface area contributed by atoms with Gasteiger partial charge in [0.25, 0.3) is 0 Å². The second kappa shape index (κ2) is 4.78. The van der Waals surface area contributed by atoms with E-state index in [0.717, 1.165) is 18.4 Å². The van der Waals surface area contributed by atoms with E-state index < -0.39 is 11.9 Å². The maximum atomic E-state index is 11.2. The average molecular weight is 234 g/mol. The number of phenolic OH excluding ortho intramolecular Hbond substituents is 1. The van der Waals surface area contributed by atoms with Crippen LogP contribution in [0.1, 0.15) is 37.7 Å². The number of carboxylic acids is 1. The monoisotopic (exact) mass is 234 g/mol. The number of hydrogen-bond donors (Lipinski definition) is 2. The fourth-order valence-corrected chi connectivity index (χ4v) is 2.65. The molecule has 2 N–H and O–H groups in total. The largest absolute Gasteiger partial charge is 0.508 e. The Hall–Kier alpha value is -1.51. The summed E-state index contributed by atoms with van der Waals surface area (Å²) in [7, 11) is 0. The van der Waals surface area contributed by atoms with Crippen LogP contribution in [0.5, 0.6) is 5.75 Å². The predicted molar refractivity (Wildman–Crippen MR) is 65.0 cm³/mol. The number of aromatic hydroxyl groups is 1. The van der Waals surface area contributed by atoms with Crippen LogP contribution in [-0.2, 0) is 4.79 Å². The van der Waals surface area contributed by atoms with Crippen LogP contribution in [-0.4, -0.2) is 16.2 Å². The summed E-state index contributed by atoms with van der Waals surface area (Å²) in [5, 5.41) is 18.7. The van der Waals surface area contributed by atoms with Crippen molar-refractivity contribution in [3.63, 3.8) is 0 Å². The van der Waals surface area contributed by atoms with Crippen LogP contribution in [0.15, 0.2) is 24.3 Å². The molecule has 3 nitrogen and oxygen atoms in total. The molecule has 0 amide bonds. The van der Waals surface area contributed by atoms with Crippen LogP contribution >= 0.6 is 0 Å². The number of benzene rings is 1. The SMILES string of the molecule is C[C@H](C(=O)O)[C@H](c1cccc(O)c1)C1CCC1. The molecule has 1 aromatic rings. The summed E-state index contributed by atoms with van der Waals surface area (Å²) in [6.45, 7) is 1.76. The predicted octanol–water partition coefficient (Wildman–Crippen LogP) is 3.00. The minimum absolute atomic E-state index is 0.0216. The van der Waals surface area contributed by atoms with Crippen molar-refractivity contribution >= 4 is 5.97 Å². The Balaban J connectivity index is 2.29. The number of rotatable bonds is 4. The van der Waals surface area contributed by atoms with Crippen LogP contribution in [0, 0.1) is 11.8 Å². The van der Waals surface area contributed by atoms with Crippen molar-refractivity contribution in [1.29, 1.82) is 0 Å². The Labute approximate surface area is 101 Å². The van der Waals surface area contributed by atoms with Crippen molar-refractivity contribution < 1.29 is 15.0 Å². The van der Waals surface area contributed by atoms with E-state index >= 15 is 0 Å². The highest BCUT2D eigenvalue weighted by Crippen LogP contribution is 2.44. The van der Waals surface area contributed by atoms with Gasteiger partial charge in [0.15, 0.2) is 0 Å². The molecule has 0 aromatic heterocycles. The molecule has 1 aliphatic rings. The van der Waals surface area contributed by atoms with Gasteiger partial charge in [0.1, 0.15) is 5.75 Å². The van der Waals surface area contributed by atoms with Crippen LogP contribution < -0.4 is 0 Å². The van der Waals surface area contributed by atoms with Crippen molar-refractivity contribution in [2.45, 2.75) is 32.1 Å². The molecule has 0 saturated heterocycles. The fraction of sp³-hybridized carbons (Fsp3) is 0.500. The van der Waals surface area contributed by atoms with Gasteiger partial charge in [0.05, 0.1) is 5.92 Å². The molecule has 2 atom stereocenters. The zero-order valence-electron chi connectivity index (χ0n) is 9.97. The molecule has 0 radical (unpaired) electrons. The van der Waals surface area contributed by atoms with E-state index in [9.17, 15) is 15.0 Å². The highest BCUT2D eigenvalue weighted by atomic mass is 16.4. The van der Waals surface area contributed by atoms with Gasteiger partial charge in [-0.3, -0.25) is 4.79 Å². The van der Waals surface area contributed by atoms with Gasteiger partial charge in [-0.25, -0.2) is 0 Å². The van der Waals surface area contributed by atoms with Crippen molar-refractivity contribution in [2.24, 2.45) is 11.8 Å². The molecule has 0 aliphatic heterocycles. The highest BCUT2D eigenvalue weighted by molar-refractivity contribution is 5.71. The average Bonchev–Trinajstić information content (AvgIpc) is 2.22. The molecule has 1 fully saturated rings. The van der Waals surface area contributed by atoms with E-state index in [4.69, 9.17) is 0 Å². The van der Waals surface area contributed by atoms with E-state index in [1.54, 1.807) is 25.1 Å². The summed E-state index contributed by atoms with van der Waals surface area (Å²) in [5.41, 5.74) is 0.949. The first-order chi connectivity index (χ1) is 8.09. The summed E-state index contributed by atoms with van der Waals surface area (Å²) >= 11 is 0. The first-order valence-corrected chi connectivity index (χ1v) is 6.11. The molecular formula is C14H18O3. The third kappa shape index (κ3) is 2.43. The lowest BCUT2D eigenvalue weighted by atomic mass is 9.68. The summed E-state index contributed by atoms with van der Waals surface area (Å²) in [6.07, 6.45) is 3.38. The van der Waals surface area contributed by atoms with Gasteiger partial charge < -0.3 is 10.2 Å². The van der Waals surface area contributed by atoms with E-state index in [1.165, 1.54) is 6.42 Å². The standard InChI is InChI=1S/C14H18O3/c1-9(14(16)17)13(10-4-2-5-10)11-6-3-7-12(15)8-11/h3,6-10,13,15H,2,4-5H2,1H3,(H,16,17)/t9-,13-/m0/s1. The molecule has 0 heterocycles. The highest BCUT2D eigenvalue weighted by Gasteiger charge is 2.35. The molecule has 3 heteroatoms. The van der Waals surface area contributed by atoms with Crippen molar-refractivity contribution in [3.8, 4) is 5.75 Å². The Morgan fingerprint density at radius 3 is 2.59 bits per heavy atom. The molecule has 0 bridgehead atoms. The van der Waals surface area contributed by atoms with Crippen LogP contribution in [0.25, 0.3) is 0 Å². The topological polar surface area (TPSA) is 57.5 Å². The molecule has 0 unspecified atom stereocenters. The lowest BCUT2D eigenvalue weighted by Gasteiger charge is -2.36. The van der Waals surface area contributed by atoms with Crippen LogP contribution in [0.2, 0.25) is 0 Å². The summed E-state index contributed by atoms with van der Waals surface area (Å²) in [4.78, 5) is 11.2. The van der Waals surface area contributed by atoms with E-state index in [1.807, 2.05) is 6.07 Å². The van der Waals surface area contributed by atoms with Crippen LogP contribution in [0.4, 0.5) is 0 Å². The minimum Gasteiger partial charge on any atom is -0.508 e. The maximum absolute atomic E-state index is 11.2. The smallest absolute Gasteiger partial charge is 0.306 e. The Kier molecular flexibility index (Phi) is 3.36. The number of carbonyl (C=O) groups is 1. The number of hydrogen-bond acceptors (Lipinski definition) is 2. The quantitative estimate of drug-likeness (QED) is 0.842. The zero-order chi connectivity index (χ0) is 12.4. The van der Waals surface area contributed by atoms with Crippen molar-refractivity contribution in [2.75, 3.05) is 0 Å². The molecule has 1 aromatic carbocycles. The maximum Gasteiger partial charge on any atom is 0.306 e. The third-order valence-corrected chi connectivity index (χ3v) is 3.84. The first kappa shape index (κ1) is 12.0. The Morgan fingerprint density at radius 1 is 1.41 bits per heavy atom. The molecule has 2 rings (SSSR count). The first-order valence-electron chi connectivity index (χ1n) is 6.11. The van der Waals surface area contributed by atoms with Crippen LogP contribution in [0.3, 0.4) is 0 Å². The number of carboxylic acid groups (broad SMARTS) is 1. The second-order valence-electron chi connectivity index (χ2n) is 4.94. The summed E-state index contributed by atoms with van der Waals surface area (Å²) < 4.78 is 0. The lowest BCUT2D eigenvalue weighted by Crippen LogP contribution is -2.29. The van der Waals surface area contributed by atoms with Gasteiger partial charge in [-0.2, -0.15) is 0 Å². The lowest BCUT2D eigenvalue weighted by molar-refractivity contribution is -0.142.